The van der Waals surface area contributed by atoms with Crippen LogP contribution >= 0.6 is 15.9 Å². The van der Waals surface area contributed by atoms with Gasteiger partial charge in [0.25, 0.3) is 5.91 Å². The fourth-order valence-electron chi connectivity index (χ4n) is 8.93. The van der Waals surface area contributed by atoms with Crippen LogP contribution < -0.4 is 9.91 Å². The van der Waals surface area contributed by atoms with E-state index < -0.39 is 20.0 Å². The number of aromatic nitrogens is 3. The molecule has 8 rings (SSSR count). The van der Waals surface area contributed by atoms with Crippen molar-refractivity contribution in [2.75, 3.05) is 16.5 Å². The van der Waals surface area contributed by atoms with E-state index in [2.05, 4.69) is 26.2 Å². The second kappa shape index (κ2) is 15.3. The summed E-state index contributed by atoms with van der Waals surface area (Å²) in [6.45, 7) is 6.47. The summed E-state index contributed by atoms with van der Waals surface area (Å²) in [6, 6.07) is 33.1. The minimum Gasteiger partial charge on any atom is -0.432 e. The Balaban J connectivity index is 1.07. The molecular weight excluding hydrogens is 788 g/mol. The first-order valence-electron chi connectivity index (χ1n) is 19.1. The molecule has 1 fully saturated rings. The van der Waals surface area contributed by atoms with E-state index in [1.807, 2.05) is 129 Å². The molecular formula is C43H45BrN6O5Si. The summed E-state index contributed by atoms with van der Waals surface area (Å²) in [7, 11) is -2.90. The Morgan fingerprint density at radius 2 is 1.71 bits per heavy atom. The molecule has 0 bridgehead atoms. The maximum atomic E-state index is 15.1. The number of aliphatic hydroxyl groups excluding tert-OH is 1. The third-order valence-corrected chi connectivity index (χ3v) is 14.5. The van der Waals surface area contributed by atoms with Crippen molar-refractivity contribution < 1.29 is 24.2 Å². The number of aryl methyl sites for hydroxylation is 1. The van der Waals surface area contributed by atoms with Crippen LogP contribution in [0.25, 0.3) is 0 Å². The summed E-state index contributed by atoms with van der Waals surface area (Å²) in [6.07, 6.45) is 2.84. The van der Waals surface area contributed by atoms with Crippen LogP contribution in [0.2, 0.25) is 18.6 Å². The van der Waals surface area contributed by atoms with Crippen LogP contribution in [0.5, 0.6) is 0 Å². The number of nitrogens with zero attached hydrogens (tertiary/aromatic N) is 6. The first kappa shape index (κ1) is 38.1. The Morgan fingerprint density at radius 3 is 2.45 bits per heavy atom. The summed E-state index contributed by atoms with van der Waals surface area (Å²) in [5.41, 5.74) is 4.88. The Morgan fingerprint density at radius 1 is 0.964 bits per heavy atom. The van der Waals surface area contributed by atoms with E-state index >= 15 is 4.79 Å². The number of rotatable bonds is 11. The first-order chi connectivity index (χ1) is 27.0. The molecule has 0 saturated carbocycles. The third kappa shape index (κ3) is 6.96. The van der Waals surface area contributed by atoms with Gasteiger partial charge >= 0.3 is 0 Å². The van der Waals surface area contributed by atoms with E-state index in [1.165, 1.54) is 5.01 Å². The summed E-state index contributed by atoms with van der Waals surface area (Å²) in [5.74, 6) is -0.897. The maximum Gasteiger partial charge on any atom is 0.264 e. The molecule has 5 atom stereocenters. The maximum absolute atomic E-state index is 15.1. The lowest BCUT2D eigenvalue weighted by atomic mass is 9.82. The number of hydrazone groups is 1. The molecule has 1 spiro atoms. The van der Waals surface area contributed by atoms with E-state index in [9.17, 15) is 14.7 Å². The molecule has 11 nitrogen and oxygen atoms in total. The van der Waals surface area contributed by atoms with E-state index in [4.69, 9.17) is 9.84 Å². The van der Waals surface area contributed by atoms with Gasteiger partial charge in [-0.15, -0.1) is 5.10 Å². The van der Waals surface area contributed by atoms with Gasteiger partial charge in [0, 0.05) is 47.1 Å². The molecule has 5 aromatic rings. The average Bonchev–Trinajstić information content (AvgIpc) is 3.85. The fraction of sp³-hybridized carbons (Fsp3) is 0.326. The molecule has 56 heavy (non-hydrogen) atoms. The molecule has 288 valence electrons. The zero-order valence-corrected chi connectivity index (χ0v) is 34.2. The number of halogens is 1. The van der Waals surface area contributed by atoms with Crippen molar-refractivity contribution in [3.63, 3.8) is 0 Å². The van der Waals surface area contributed by atoms with Crippen molar-refractivity contribution in [2.24, 2.45) is 11.0 Å². The number of carbonyl (C=O) groups is 2. The fourth-order valence-corrected chi connectivity index (χ4v) is 11.9. The minimum atomic E-state index is -2.90. The highest BCUT2D eigenvalue weighted by Gasteiger charge is 2.66. The predicted octanol–water partition coefficient (Wildman–Crippen LogP) is 7.13. The Labute approximate surface area is 335 Å². The Kier molecular flexibility index (Phi) is 10.4. The number of hydrogen-bond acceptors (Lipinski definition) is 8. The number of hydrogen-bond donors (Lipinski definition) is 2. The van der Waals surface area contributed by atoms with Gasteiger partial charge in [0.1, 0.15) is 0 Å². The molecule has 0 aliphatic carbocycles. The highest BCUT2D eigenvalue weighted by Crippen LogP contribution is 2.60. The number of fused-ring (bicyclic) bond motifs is 2. The van der Waals surface area contributed by atoms with Gasteiger partial charge in [-0.2, -0.15) is 5.10 Å². The van der Waals surface area contributed by atoms with Gasteiger partial charge in [-0.1, -0.05) is 101 Å². The largest absolute Gasteiger partial charge is 0.432 e. The monoisotopic (exact) mass is 832 g/mol. The lowest BCUT2D eigenvalue weighted by molar-refractivity contribution is -0.146. The van der Waals surface area contributed by atoms with Gasteiger partial charge in [0.15, 0.2) is 13.9 Å². The number of benzene rings is 4. The van der Waals surface area contributed by atoms with Crippen LogP contribution in [0.3, 0.4) is 0 Å². The van der Waals surface area contributed by atoms with Gasteiger partial charge in [-0.3, -0.25) is 14.3 Å². The second-order valence-corrected chi connectivity index (χ2v) is 20.4. The van der Waals surface area contributed by atoms with Crippen molar-refractivity contribution in [1.29, 1.82) is 0 Å². The smallest absolute Gasteiger partial charge is 0.264 e. The van der Waals surface area contributed by atoms with Gasteiger partial charge in [-0.25, -0.2) is 5.01 Å². The average molecular weight is 834 g/mol. The summed E-state index contributed by atoms with van der Waals surface area (Å²) in [5, 5.41) is 25.2. The van der Waals surface area contributed by atoms with Crippen LogP contribution in [-0.2, 0) is 33.0 Å². The molecule has 2 N–H and O–H groups in total. The molecule has 1 aromatic heterocycles. The molecule has 0 radical (unpaired) electrons. The molecule has 1 unspecified atom stereocenters. The van der Waals surface area contributed by atoms with E-state index in [0.29, 0.717) is 37.2 Å². The third-order valence-electron chi connectivity index (χ3n) is 11.5. The summed E-state index contributed by atoms with van der Waals surface area (Å²) in [4.78, 5) is 41.8. The van der Waals surface area contributed by atoms with Crippen LogP contribution in [0.15, 0.2) is 119 Å². The molecule has 13 heteroatoms. The number of ether oxygens (including phenoxy) is 1. The molecule has 4 aromatic carbocycles. The zero-order valence-electron chi connectivity index (χ0n) is 31.6. The standard InChI is InChI=1S/C43H45BrN6O5Si/c1-28-41(56(2,3)54)39(21-22-48-26-37(45-47-48)34(27-51)30-12-6-4-7-13-30)55-43(28)35-24-32(44)17-19-38(35)49(42(43)53)25-29-11-10-16-33(23-29)50-40(52)20-18-36(46-50)31-14-8-5-9-15-31/h4-17,19,23-24,26,28,34,39,41,51,54H,18,20-22,25,27H2,1-3H3/t28-,34?,39+,41-,43+/m0/s1. The van der Waals surface area contributed by atoms with Crippen LogP contribution in [0, 0.1) is 5.92 Å². The van der Waals surface area contributed by atoms with Gasteiger partial charge < -0.3 is 19.5 Å². The van der Waals surface area contributed by atoms with Gasteiger partial charge in [-0.05, 0) is 66.5 Å². The molecule has 4 heterocycles. The highest BCUT2D eigenvalue weighted by atomic mass is 79.9. The van der Waals surface area contributed by atoms with Crippen molar-refractivity contribution >= 4 is 53.1 Å². The lowest BCUT2D eigenvalue weighted by Gasteiger charge is -2.32. The van der Waals surface area contributed by atoms with Crippen molar-refractivity contribution in [2.45, 2.75) is 75.5 Å². The quantitative estimate of drug-likeness (QED) is 0.135. The molecule has 1 saturated heterocycles. The predicted molar refractivity (Wildman–Crippen MR) is 221 cm³/mol. The van der Waals surface area contributed by atoms with E-state index in [1.54, 1.807) is 9.58 Å². The molecule has 3 aliphatic heterocycles. The zero-order chi connectivity index (χ0) is 39.2. The normalized spacial score (nSPS) is 22.8. The van der Waals surface area contributed by atoms with E-state index in [0.717, 1.165) is 38.1 Å². The van der Waals surface area contributed by atoms with Gasteiger partial charge in [0.2, 0.25) is 5.91 Å². The highest BCUT2D eigenvalue weighted by molar-refractivity contribution is 9.10. The SMILES string of the molecule is C[C@H]1[C@H]([Si](C)(C)O)[C@@H](CCn2cc(C(CO)c3ccccc3)nn2)O[C@]12C(=O)N(Cc1cccc(N3N=C(c4ccccc4)CCC3=O)c1)c1ccc(Br)cc12. The Hall–Kier alpha value is -4.79. The lowest BCUT2D eigenvalue weighted by Crippen LogP contribution is -2.46. The number of carbonyl (C=O) groups excluding carboxylic acids is 2. The molecule has 3 aliphatic rings. The van der Waals surface area contributed by atoms with Crippen LogP contribution in [-0.4, -0.2) is 63.5 Å². The molecule has 2 amide bonds. The minimum absolute atomic E-state index is 0.0826. The van der Waals surface area contributed by atoms with E-state index in [-0.39, 0.29) is 42.3 Å². The topological polar surface area (TPSA) is 133 Å². The van der Waals surface area contributed by atoms with Crippen molar-refractivity contribution in [3.05, 3.63) is 142 Å². The van der Waals surface area contributed by atoms with Crippen molar-refractivity contribution in [3.8, 4) is 0 Å². The van der Waals surface area contributed by atoms with Crippen LogP contribution in [0.4, 0.5) is 11.4 Å². The number of amides is 2. The van der Waals surface area contributed by atoms with Gasteiger partial charge in [0.05, 0.1) is 48.0 Å². The first-order valence-corrected chi connectivity index (χ1v) is 22.9. The summed E-state index contributed by atoms with van der Waals surface area (Å²) >= 11 is 3.66. The number of anilines is 2. The Bertz CT molecular complexity index is 2280. The van der Waals surface area contributed by atoms with Crippen LogP contribution in [0.1, 0.15) is 60.1 Å². The number of aliphatic hydroxyl groups is 1. The van der Waals surface area contributed by atoms with Crippen molar-refractivity contribution in [1.82, 2.24) is 15.0 Å². The summed E-state index contributed by atoms with van der Waals surface area (Å²) < 4.78 is 9.65. The second-order valence-electron chi connectivity index (χ2n) is 15.5.